The van der Waals surface area contributed by atoms with Gasteiger partial charge in [0.05, 0.1) is 18.8 Å². The van der Waals surface area contributed by atoms with Crippen LogP contribution in [-0.4, -0.2) is 83.9 Å². The number of likely N-dealkylation sites (N-methyl/N-ethyl adjacent to an activating group) is 1. The van der Waals surface area contributed by atoms with Crippen LogP contribution >= 0.6 is 0 Å². The Hall–Kier alpha value is -1.99. The van der Waals surface area contributed by atoms with Gasteiger partial charge in [-0.1, -0.05) is 6.07 Å². The minimum absolute atomic E-state index is 0.0140. The Morgan fingerprint density at radius 2 is 2.08 bits per heavy atom. The monoisotopic (exact) mass is 359 g/mol. The van der Waals surface area contributed by atoms with Crippen molar-refractivity contribution < 1.29 is 9.59 Å². The van der Waals surface area contributed by atoms with Gasteiger partial charge in [-0.15, -0.1) is 0 Å². The number of nitrogens with zero attached hydrogens (tertiary/aromatic N) is 4. The highest BCUT2D eigenvalue weighted by Crippen LogP contribution is 2.31. The molecule has 2 aliphatic rings. The maximum absolute atomic E-state index is 12.4. The molecule has 2 aliphatic heterocycles. The van der Waals surface area contributed by atoms with Gasteiger partial charge in [-0.05, 0) is 32.0 Å². The Balaban J connectivity index is 1.55. The van der Waals surface area contributed by atoms with E-state index in [9.17, 15) is 9.59 Å². The Morgan fingerprint density at radius 3 is 2.85 bits per heavy atom. The Bertz CT molecular complexity index is 638. The summed E-state index contributed by atoms with van der Waals surface area (Å²) in [6.45, 7) is 4.26. The molecule has 0 radical (unpaired) electrons. The predicted octanol–water partition coefficient (Wildman–Crippen LogP) is 0.326. The van der Waals surface area contributed by atoms with Gasteiger partial charge in [0.2, 0.25) is 11.8 Å². The second kappa shape index (κ2) is 8.14. The number of carbonyl (C=O) groups excluding carboxylic acids is 2. The average Bonchev–Trinajstić information content (AvgIpc) is 2.79. The largest absolute Gasteiger partial charge is 0.349 e. The third-order valence-corrected chi connectivity index (χ3v) is 5.78. The van der Waals surface area contributed by atoms with Crippen LogP contribution in [0.2, 0.25) is 0 Å². The molecular weight excluding hydrogens is 330 g/mol. The van der Waals surface area contributed by atoms with E-state index >= 15 is 0 Å². The lowest BCUT2D eigenvalue weighted by Crippen LogP contribution is -2.62. The molecule has 1 N–H and O–H groups in total. The fourth-order valence-corrected chi connectivity index (χ4v) is 3.93. The highest BCUT2D eigenvalue weighted by molar-refractivity contribution is 5.78. The highest BCUT2D eigenvalue weighted by Gasteiger charge is 2.41. The van der Waals surface area contributed by atoms with Crippen molar-refractivity contribution in [2.75, 3.05) is 46.8 Å². The van der Waals surface area contributed by atoms with E-state index in [4.69, 9.17) is 0 Å². The summed E-state index contributed by atoms with van der Waals surface area (Å²) in [4.78, 5) is 35.1. The Kier molecular flexibility index (Phi) is 5.88. The van der Waals surface area contributed by atoms with Gasteiger partial charge in [0, 0.05) is 51.4 Å². The first kappa shape index (κ1) is 18.8. The summed E-state index contributed by atoms with van der Waals surface area (Å²) in [5.41, 5.74) is 0.848. The first-order valence-corrected chi connectivity index (χ1v) is 9.33. The first-order chi connectivity index (χ1) is 12.5. The van der Waals surface area contributed by atoms with Gasteiger partial charge in [-0.2, -0.15) is 0 Å². The Morgan fingerprint density at radius 1 is 1.23 bits per heavy atom. The lowest BCUT2D eigenvalue weighted by atomic mass is 9.86. The van der Waals surface area contributed by atoms with Crippen LogP contribution in [0.3, 0.4) is 0 Å². The van der Waals surface area contributed by atoms with E-state index < -0.39 is 0 Å². The highest BCUT2D eigenvalue weighted by atomic mass is 16.2. The van der Waals surface area contributed by atoms with Crippen LogP contribution in [-0.2, 0) is 16.1 Å². The van der Waals surface area contributed by atoms with Gasteiger partial charge < -0.3 is 10.2 Å². The summed E-state index contributed by atoms with van der Waals surface area (Å²) < 4.78 is 0. The van der Waals surface area contributed by atoms with Crippen LogP contribution < -0.4 is 5.32 Å². The van der Waals surface area contributed by atoms with E-state index in [0.29, 0.717) is 19.5 Å². The molecule has 2 saturated heterocycles. The lowest BCUT2D eigenvalue weighted by molar-refractivity contribution is -0.129. The smallest absolute Gasteiger partial charge is 0.234 e. The lowest BCUT2D eigenvalue weighted by Gasteiger charge is -2.49. The standard InChI is InChI=1S/C19H29N5O2/c1-22-10-8-19(7-6-18(22)26)15-24(12-11-23(19)2)14-17(25)21-13-16-5-3-4-9-20-16/h3-5,9H,6-8,10-15H2,1-2H3,(H,21,25)/t19-/m1/s1. The zero-order chi connectivity index (χ0) is 18.6. The summed E-state index contributed by atoms with van der Waals surface area (Å²) in [6.07, 6.45) is 4.13. The fraction of sp³-hybridized carbons (Fsp3) is 0.632. The maximum Gasteiger partial charge on any atom is 0.234 e. The molecule has 2 amide bonds. The van der Waals surface area contributed by atoms with Gasteiger partial charge in [-0.25, -0.2) is 0 Å². The number of aromatic nitrogens is 1. The molecule has 1 aromatic rings. The van der Waals surface area contributed by atoms with E-state index in [2.05, 4.69) is 27.1 Å². The molecule has 1 aromatic heterocycles. The predicted molar refractivity (Wildman–Crippen MR) is 99.4 cm³/mol. The van der Waals surface area contributed by atoms with Crippen LogP contribution in [0.4, 0.5) is 0 Å². The van der Waals surface area contributed by atoms with Gasteiger partial charge >= 0.3 is 0 Å². The van der Waals surface area contributed by atoms with Crippen molar-refractivity contribution >= 4 is 11.8 Å². The molecule has 0 unspecified atom stereocenters. The van der Waals surface area contributed by atoms with Crippen LogP contribution in [0.1, 0.15) is 25.0 Å². The minimum atomic E-state index is -0.0140. The van der Waals surface area contributed by atoms with Gasteiger partial charge in [0.25, 0.3) is 0 Å². The van der Waals surface area contributed by atoms with E-state index in [1.165, 1.54) is 0 Å². The fourth-order valence-electron chi connectivity index (χ4n) is 3.93. The van der Waals surface area contributed by atoms with Crippen LogP contribution in [0.15, 0.2) is 24.4 Å². The van der Waals surface area contributed by atoms with E-state index in [1.54, 1.807) is 6.20 Å². The van der Waals surface area contributed by atoms with Crippen molar-refractivity contribution in [1.82, 2.24) is 25.0 Å². The second-order valence-electron chi connectivity index (χ2n) is 7.52. The van der Waals surface area contributed by atoms with Crippen molar-refractivity contribution in [3.8, 4) is 0 Å². The molecule has 1 atom stereocenters. The Labute approximate surface area is 155 Å². The maximum atomic E-state index is 12.4. The van der Waals surface area contributed by atoms with E-state index in [0.717, 1.165) is 44.7 Å². The number of piperazine rings is 1. The molecule has 0 bridgehead atoms. The van der Waals surface area contributed by atoms with Crippen molar-refractivity contribution in [3.05, 3.63) is 30.1 Å². The summed E-state index contributed by atoms with van der Waals surface area (Å²) in [6, 6.07) is 5.69. The molecule has 0 aromatic carbocycles. The number of hydrogen-bond donors (Lipinski definition) is 1. The van der Waals surface area contributed by atoms with Crippen LogP contribution in [0.5, 0.6) is 0 Å². The zero-order valence-corrected chi connectivity index (χ0v) is 15.8. The molecule has 1 spiro atoms. The molecular formula is C19H29N5O2. The second-order valence-corrected chi connectivity index (χ2v) is 7.52. The van der Waals surface area contributed by atoms with Gasteiger partial charge in [0.15, 0.2) is 0 Å². The molecule has 0 saturated carbocycles. The summed E-state index contributed by atoms with van der Waals surface area (Å²) in [5, 5.41) is 2.96. The van der Waals surface area contributed by atoms with Crippen molar-refractivity contribution in [1.29, 1.82) is 0 Å². The first-order valence-electron chi connectivity index (χ1n) is 9.33. The van der Waals surface area contributed by atoms with Crippen molar-refractivity contribution in [2.24, 2.45) is 0 Å². The van der Waals surface area contributed by atoms with E-state index in [-0.39, 0.29) is 17.4 Å². The summed E-state index contributed by atoms with van der Waals surface area (Å²) in [7, 11) is 4.03. The number of nitrogens with one attached hydrogen (secondary N) is 1. The number of pyridine rings is 1. The van der Waals surface area contributed by atoms with Crippen LogP contribution in [0, 0.1) is 0 Å². The number of carbonyl (C=O) groups is 2. The molecule has 26 heavy (non-hydrogen) atoms. The zero-order valence-electron chi connectivity index (χ0n) is 15.8. The topological polar surface area (TPSA) is 68.8 Å². The molecule has 7 heteroatoms. The van der Waals surface area contributed by atoms with Crippen LogP contribution in [0.25, 0.3) is 0 Å². The molecule has 0 aliphatic carbocycles. The molecule has 7 nitrogen and oxygen atoms in total. The third-order valence-electron chi connectivity index (χ3n) is 5.78. The van der Waals surface area contributed by atoms with Gasteiger partial charge in [-0.3, -0.25) is 24.4 Å². The van der Waals surface area contributed by atoms with Gasteiger partial charge in [0.1, 0.15) is 0 Å². The number of amides is 2. The molecule has 3 heterocycles. The molecule has 3 rings (SSSR count). The number of likely N-dealkylation sites (tertiary alicyclic amines) is 1. The normalized spacial score (nSPS) is 25.3. The third kappa shape index (κ3) is 4.40. The number of hydrogen-bond acceptors (Lipinski definition) is 5. The summed E-state index contributed by atoms with van der Waals surface area (Å²) in [5.74, 6) is 0.248. The molecule has 142 valence electrons. The minimum Gasteiger partial charge on any atom is -0.349 e. The van der Waals surface area contributed by atoms with Crippen molar-refractivity contribution in [2.45, 2.75) is 31.3 Å². The number of rotatable bonds is 4. The average molecular weight is 359 g/mol. The molecule has 2 fully saturated rings. The quantitative estimate of drug-likeness (QED) is 0.839. The van der Waals surface area contributed by atoms with E-state index in [1.807, 2.05) is 30.1 Å². The van der Waals surface area contributed by atoms with Crippen molar-refractivity contribution in [3.63, 3.8) is 0 Å². The summed E-state index contributed by atoms with van der Waals surface area (Å²) >= 11 is 0. The SMILES string of the molecule is CN1CC[C@]2(CCC1=O)CN(CC(=O)NCc1ccccn1)CCN2C.